The van der Waals surface area contributed by atoms with Crippen LogP contribution in [-0.2, 0) is 4.79 Å². The number of anilines is 1. The van der Waals surface area contributed by atoms with Gasteiger partial charge in [-0.2, -0.15) is 0 Å². The predicted molar refractivity (Wildman–Crippen MR) is 94.6 cm³/mol. The lowest BCUT2D eigenvalue weighted by Crippen LogP contribution is -2.47. The summed E-state index contributed by atoms with van der Waals surface area (Å²) >= 11 is 3.32. The fourth-order valence-corrected chi connectivity index (χ4v) is 6.23. The number of nitro groups is 1. The van der Waals surface area contributed by atoms with Crippen molar-refractivity contribution in [3.63, 3.8) is 0 Å². The Morgan fingerprint density at radius 3 is 2.29 bits per heavy atom. The molecule has 4 saturated carbocycles. The first kappa shape index (κ1) is 16.1. The number of non-ortho nitro benzene ring substituents is 1. The highest BCUT2D eigenvalue weighted by Gasteiger charge is 2.51. The van der Waals surface area contributed by atoms with Crippen molar-refractivity contribution in [3.05, 3.63) is 32.8 Å². The van der Waals surface area contributed by atoms with E-state index in [0.717, 1.165) is 17.8 Å². The zero-order valence-corrected chi connectivity index (χ0v) is 15.0. The number of amides is 1. The van der Waals surface area contributed by atoms with E-state index in [1.54, 1.807) is 6.07 Å². The quantitative estimate of drug-likeness (QED) is 0.584. The van der Waals surface area contributed by atoms with Crippen LogP contribution >= 0.6 is 15.9 Å². The molecule has 128 valence electrons. The molecule has 5 rings (SSSR count). The van der Waals surface area contributed by atoms with Gasteiger partial charge in [0.05, 0.1) is 10.6 Å². The molecule has 4 aliphatic rings. The van der Waals surface area contributed by atoms with Crippen LogP contribution in [0.5, 0.6) is 0 Å². The predicted octanol–water partition coefficient (Wildman–Crippen LogP) is 4.90. The topological polar surface area (TPSA) is 72.2 Å². The molecule has 0 heterocycles. The molecule has 0 radical (unpaired) electrons. The van der Waals surface area contributed by atoms with Crippen LogP contribution in [0.1, 0.15) is 44.9 Å². The summed E-state index contributed by atoms with van der Waals surface area (Å²) in [6.45, 7) is 0. The third kappa shape index (κ3) is 2.96. The van der Waals surface area contributed by atoms with Crippen LogP contribution in [0.4, 0.5) is 11.4 Å². The first-order valence-electron chi connectivity index (χ1n) is 8.66. The SMILES string of the molecule is O=C(CC12CC3CC(CC(C3)C1)C2)Nc1ccc([N+](=O)[O-])cc1Br. The Labute approximate surface area is 149 Å². The molecule has 5 nitrogen and oxygen atoms in total. The number of nitro benzene ring substituents is 1. The van der Waals surface area contributed by atoms with Gasteiger partial charge < -0.3 is 5.32 Å². The van der Waals surface area contributed by atoms with Crippen LogP contribution < -0.4 is 5.32 Å². The average molecular weight is 393 g/mol. The van der Waals surface area contributed by atoms with Crippen molar-refractivity contribution in [1.29, 1.82) is 0 Å². The summed E-state index contributed by atoms with van der Waals surface area (Å²) in [7, 11) is 0. The van der Waals surface area contributed by atoms with Gasteiger partial charge in [0, 0.05) is 23.0 Å². The van der Waals surface area contributed by atoms with E-state index in [0.29, 0.717) is 16.6 Å². The Bertz CT molecular complexity index is 668. The lowest BCUT2D eigenvalue weighted by molar-refractivity contribution is -0.384. The van der Waals surface area contributed by atoms with Gasteiger partial charge in [-0.3, -0.25) is 14.9 Å². The Morgan fingerprint density at radius 2 is 1.79 bits per heavy atom. The van der Waals surface area contributed by atoms with E-state index in [4.69, 9.17) is 0 Å². The first-order chi connectivity index (χ1) is 11.4. The maximum atomic E-state index is 12.6. The zero-order valence-electron chi connectivity index (χ0n) is 13.5. The van der Waals surface area contributed by atoms with Gasteiger partial charge in [0.1, 0.15) is 0 Å². The van der Waals surface area contributed by atoms with Gasteiger partial charge in [0.25, 0.3) is 5.69 Å². The molecule has 1 N–H and O–H groups in total. The summed E-state index contributed by atoms with van der Waals surface area (Å²) in [6.07, 6.45) is 8.30. The van der Waals surface area contributed by atoms with E-state index in [9.17, 15) is 14.9 Å². The molecule has 1 amide bonds. The van der Waals surface area contributed by atoms with Crippen LogP contribution in [0.3, 0.4) is 0 Å². The summed E-state index contributed by atoms with van der Waals surface area (Å²) in [4.78, 5) is 23.0. The molecule has 0 spiro atoms. The van der Waals surface area contributed by atoms with Crippen molar-refractivity contribution < 1.29 is 9.72 Å². The number of nitrogens with zero attached hydrogens (tertiary/aromatic N) is 1. The second-order valence-electron chi connectivity index (χ2n) is 8.06. The number of benzene rings is 1. The van der Waals surface area contributed by atoms with Crippen molar-refractivity contribution in [2.45, 2.75) is 44.9 Å². The highest BCUT2D eigenvalue weighted by molar-refractivity contribution is 9.10. The third-order valence-electron chi connectivity index (χ3n) is 6.14. The number of hydrogen-bond acceptors (Lipinski definition) is 3. The van der Waals surface area contributed by atoms with Crippen LogP contribution in [-0.4, -0.2) is 10.8 Å². The normalized spacial score (nSPS) is 33.5. The van der Waals surface area contributed by atoms with Crippen molar-refractivity contribution in [2.75, 3.05) is 5.32 Å². The molecule has 1 aromatic carbocycles. The largest absolute Gasteiger partial charge is 0.325 e. The molecule has 6 heteroatoms. The highest BCUT2D eigenvalue weighted by Crippen LogP contribution is 2.61. The second kappa shape index (κ2) is 5.83. The minimum Gasteiger partial charge on any atom is -0.325 e. The molecule has 0 saturated heterocycles. The highest BCUT2D eigenvalue weighted by atomic mass is 79.9. The standard InChI is InChI=1S/C18H21BrN2O3/c19-15-6-14(21(23)24)1-2-16(15)20-17(22)10-18-7-11-3-12(8-18)5-13(4-11)9-18/h1-2,6,11-13H,3-5,7-10H2,(H,20,22). The van der Waals surface area contributed by atoms with E-state index in [1.807, 2.05) is 0 Å². The molecule has 0 unspecified atom stereocenters. The van der Waals surface area contributed by atoms with Crippen LogP contribution in [0.2, 0.25) is 0 Å². The molecule has 4 bridgehead atoms. The Morgan fingerprint density at radius 1 is 1.21 bits per heavy atom. The maximum absolute atomic E-state index is 12.6. The summed E-state index contributed by atoms with van der Waals surface area (Å²) in [5.41, 5.74) is 0.822. The van der Waals surface area contributed by atoms with Gasteiger partial charge in [-0.25, -0.2) is 0 Å². The molecule has 0 aromatic heterocycles. The lowest BCUT2D eigenvalue weighted by Gasteiger charge is -2.56. The molecular formula is C18H21BrN2O3. The molecular weight excluding hydrogens is 372 g/mol. The van der Waals surface area contributed by atoms with E-state index in [1.165, 1.54) is 50.7 Å². The monoisotopic (exact) mass is 392 g/mol. The summed E-state index contributed by atoms with van der Waals surface area (Å²) in [5.74, 6) is 2.52. The maximum Gasteiger partial charge on any atom is 0.270 e. The van der Waals surface area contributed by atoms with Crippen molar-refractivity contribution in [3.8, 4) is 0 Å². The number of rotatable bonds is 4. The van der Waals surface area contributed by atoms with Crippen LogP contribution in [0.25, 0.3) is 0 Å². The van der Waals surface area contributed by atoms with Crippen LogP contribution in [0, 0.1) is 33.3 Å². The molecule has 1 aromatic rings. The van der Waals surface area contributed by atoms with Gasteiger partial charge in [-0.1, -0.05) is 0 Å². The number of carbonyl (C=O) groups excluding carboxylic acids is 1. The lowest BCUT2D eigenvalue weighted by atomic mass is 9.49. The van der Waals surface area contributed by atoms with Crippen LogP contribution in [0.15, 0.2) is 22.7 Å². The third-order valence-corrected chi connectivity index (χ3v) is 6.79. The van der Waals surface area contributed by atoms with Gasteiger partial charge in [0.2, 0.25) is 5.91 Å². The molecule has 4 fully saturated rings. The van der Waals surface area contributed by atoms with Crippen molar-refractivity contribution in [1.82, 2.24) is 0 Å². The summed E-state index contributed by atoms with van der Waals surface area (Å²) in [6, 6.07) is 4.45. The summed E-state index contributed by atoms with van der Waals surface area (Å²) < 4.78 is 0.551. The van der Waals surface area contributed by atoms with E-state index >= 15 is 0 Å². The Hall–Kier alpha value is -1.43. The minimum absolute atomic E-state index is 0.0148. The average Bonchev–Trinajstić information content (AvgIpc) is 2.47. The molecule has 0 atom stereocenters. The van der Waals surface area contributed by atoms with E-state index in [-0.39, 0.29) is 17.0 Å². The number of carbonyl (C=O) groups is 1. The minimum atomic E-state index is -0.439. The summed E-state index contributed by atoms with van der Waals surface area (Å²) in [5, 5.41) is 13.7. The van der Waals surface area contributed by atoms with Gasteiger partial charge in [-0.05, 0) is 83.7 Å². The fraction of sp³-hybridized carbons (Fsp3) is 0.611. The zero-order chi connectivity index (χ0) is 16.9. The van der Waals surface area contributed by atoms with Gasteiger partial charge in [0.15, 0.2) is 0 Å². The molecule has 4 aliphatic carbocycles. The van der Waals surface area contributed by atoms with Gasteiger partial charge >= 0.3 is 0 Å². The Kier molecular flexibility index (Phi) is 3.90. The van der Waals surface area contributed by atoms with E-state index < -0.39 is 4.92 Å². The van der Waals surface area contributed by atoms with Crippen molar-refractivity contribution in [2.24, 2.45) is 23.2 Å². The number of nitrogens with one attached hydrogen (secondary N) is 1. The smallest absolute Gasteiger partial charge is 0.270 e. The first-order valence-corrected chi connectivity index (χ1v) is 9.45. The Balaban J connectivity index is 1.45. The van der Waals surface area contributed by atoms with Crippen molar-refractivity contribution >= 4 is 33.2 Å². The molecule has 0 aliphatic heterocycles. The van der Waals surface area contributed by atoms with E-state index in [2.05, 4.69) is 21.2 Å². The fourth-order valence-electron chi connectivity index (χ4n) is 5.76. The second-order valence-corrected chi connectivity index (χ2v) is 8.92. The van der Waals surface area contributed by atoms with Gasteiger partial charge in [-0.15, -0.1) is 0 Å². The number of halogens is 1. The number of hydrogen-bond donors (Lipinski definition) is 1. The molecule has 24 heavy (non-hydrogen) atoms.